The minimum absolute atomic E-state index is 0.150. The second kappa shape index (κ2) is 7.98. The molecule has 0 bridgehead atoms. The Hall–Kier alpha value is -2.07. The van der Waals surface area contributed by atoms with Crippen molar-refractivity contribution < 1.29 is 9.21 Å². The van der Waals surface area contributed by atoms with Crippen LogP contribution < -0.4 is 5.32 Å². The van der Waals surface area contributed by atoms with E-state index in [1.54, 1.807) is 6.07 Å². The first-order valence-corrected chi connectivity index (χ1v) is 10.7. The predicted molar refractivity (Wildman–Crippen MR) is 119 cm³/mol. The maximum Gasteiger partial charge on any atom is 0.287 e. The van der Waals surface area contributed by atoms with Gasteiger partial charge in [0.15, 0.2) is 5.76 Å². The van der Waals surface area contributed by atoms with Gasteiger partial charge < -0.3 is 14.6 Å². The molecule has 4 nitrogen and oxygen atoms in total. The Kier molecular flexibility index (Phi) is 5.96. The zero-order valence-electron chi connectivity index (χ0n) is 19.1. The summed E-state index contributed by atoms with van der Waals surface area (Å²) in [4.78, 5) is 14.3. The lowest BCUT2D eigenvalue weighted by atomic mass is 9.62. The maximum absolute atomic E-state index is 12.3. The van der Waals surface area contributed by atoms with Crippen LogP contribution >= 0.6 is 0 Å². The molecule has 1 aromatic heterocycles. The Bertz CT molecular complexity index is 890. The van der Waals surface area contributed by atoms with Crippen LogP contribution in [0, 0.1) is 6.92 Å². The fourth-order valence-electron chi connectivity index (χ4n) is 4.22. The number of nitrogens with one attached hydrogen (secondary N) is 1. The normalized spacial score (nSPS) is 17.2. The fraction of sp³-hybridized carbons (Fsp3) is 0.560. The van der Waals surface area contributed by atoms with Crippen LogP contribution in [0.25, 0.3) is 0 Å². The van der Waals surface area contributed by atoms with Crippen LogP contribution in [0.2, 0.25) is 0 Å². The first-order valence-electron chi connectivity index (χ1n) is 10.7. The molecule has 0 atom stereocenters. The van der Waals surface area contributed by atoms with Crippen LogP contribution in [0.5, 0.6) is 0 Å². The molecule has 0 saturated carbocycles. The molecule has 0 fully saturated rings. The van der Waals surface area contributed by atoms with Gasteiger partial charge >= 0.3 is 0 Å². The summed E-state index contributed by atoms with van der Waals surface area (Å²) in [6.45, 7) is 13.0. The summed E-state index contributed by atoms with van der Waals surface area (Å²) >= 11 is 0. The summed E-state index contributed by atoms with van der Waals surface area (Å²) in [5, 5.41) is 2.91. The van der Waals surface area contributed by atoms with E-state index >= 15 is 0 Å². The van der Waals surface area contributed by atoms with Gasteiger partial charge in [-0.05, 0) is 79.1 Å². The molecular weight excluding hydrogens is 360 g/mol. The van der Waals surface area contributed by atoms with E-state index in [0.29, 0.717) is 18.7 Å². The number of nitrogens with zero attached hydrogens (tertiary/aromatic N) is 1. The van der Waals surface area contributed by atoms with E-state index in [-0.39, 0.29) is 16.7 Å². The van der Waals surface area contributed by atoms with Gasteiger partial charge in [-0.3, -0.25) is 4.79 Å². The third kappa shape index (κ3) is 4.75. The lowest BCUT2D eigenvalue weighted by molar-refractivity contribution is 0.0921. The number of aryl methyl sites for hydroxylation is 1. The van der Waals surface area contributed by atoms with Crippen molar-refractivity contribution in [3.05, 3.63) is 58.0 Å². The SMILES string of the molecule is Cc1cc2c(cc1Cc1ccc(C(=O)NCCN(C)C)o1)C(C)(C)CCC2(C)C. The Morgan fingerprint density at radius 1 is 1.07 bits per heavy atom. The van der Waals surface area contributed by atoms with Gasteiger partial charge in [0.2, 0.25) is 0 Å². The molecule has 3 rings (SSSR count). The molecule has 29 heavy (non-hydrogen) atoms. The number of carbonyl (C=O) groups excluding carboxylic acids is 1. The van der Waals surface area contributed by atoms with E-state index in [1.165, 1.54) is 35.1 Å². The molecule has 0 unspecified atom stereocenters. The van der Waals surface area contributed by atoms with Crippen molar-refractivity contribution in [3.63, 3.8) is 0 Å². The Morgan fingerprint density at radius 2 is 1.69 bits per heavy atom. The minimum atomic E-state index is -0.150. The van der Waals surface area contributed by atoms with Crippen molar-refractivity contribution in [1.29, 1.82) is 0 Å². The average Bonchev–Trinajstić information content (AvgIpc) is 3.09. The molecule has 1 aromatic carbocycles. The van der Waals surface area contributed by atoms with Gasteiger partial charge in [-0.25, -0.2) is 0 Å². The van der Waals surface area contributed by atoms with Gasteiger partial charge in [0.25, 0.3) is 5.91 Å². The molecular formula is C25H36N2O2. The highest BCUT2D eigenvalue weighted by Crippen LogP contribution is 2.46. The summed E-state index contributed by atoms with van der Waals surface area (Å²) in [6, 6.07) is 8.46. The van der Waals surface area contributed by atoms with Crippen LogP contribution in [0.15, 0.2) is 28.7 Å². The lowest BCUT2D eigenvalue weighted by Gasteiger charge is -2.42. The Balaban J connectivity index is 1.80. The molecule has 1 amide bonds. The van der Waals surface area contributed by atoms with Gasteiger partial charge in [-0.15, -0.1) is 0 Å². The third-order valence-electron chi connectivity index (χ3n) is 6.40. The summed E-state index contributed by atoms with van der Waals surface area (Å²) in [6.07, 6.45) is 3.13. The molecule has 0 saturated heterocycles. The van der Waals surface area contributed by atoms with Crippen molar-refractivity contribution in [2.45, 2.75) is 64.7 Å². The number of likely N-dealkylation sites (N-methyl/N-ethyl adjacent to an activating group) is 1. The van der Waals surface area contributed by atoms with Crippen LogP contribution in [0.1, 0.15) is 79.1 Å². The van der Waals surface area contributed by atoms with Crippen molar-refractivity contribution in [2.75, 3.05) is 27.2 Å². The van der Waals surface area contributed by atoms with Crippen LogP contribution in [-0.4, -0.2) is 38.0 Å². The number of fused-ring (bicyclic) bond motifs is 1. The number of benzene rings is 1. The van der Waals surface area contributed by atoms with Gasteiger partial charge in [-0.1, -0.05) is 39.8 Å². The van der Waals surface area contributed by atoms with Crippen LogP contribution in [0.3, 0.4) is 0 Å². The zero-order chi connectivity index (χ0) is 21.4. The highest BCUT2D eigenvalue weighted by molar-refractivity contribution is 5.91. The zero-order valence-corrected chi connectivity index (χ0v) is 19.1. The first kappa shape index (κ1) is 21.6. The average molecular weight is 397 g/mol. The molecule has 158 valence electrons. The number of hydrogen-bond acceptors (Lipinski definition) is 3. The predicted octanol–water partition coefficient (Wildman–Crippen LogP) is 4.82. The number of amides is 1. The molecule has 2 aromatic rings. The largest absolute Gasteiger partial charge is 0.456 e. The molecule has 1 aliphatic carbocycles. The summed E-state index contributed by atoms with van der Waals surface area (Å²) in [7, 11) is 3.97. The summed E-state index contributed by atoms with van der Waals surface area (Å²) < 4.78 is 5.87. The van der Waals surface area contributed by atoms with E-state index in [9.17, 15) is 4.79 Å². The van der Waals surface area contributed by atoms with E-state index in [4.69, 9.17) is 4.42 Å². The minimum Gasteiger partial charge on any atom is -0.456 e. The molecule has 0 radical (unpaired) electrons. The van der Waals surface area contributed by atoms with E-state index in [2.05, 4.69) is 52.1 Å². The fourth-order valence-corrected chi connectivity index (χ4v) is 4.22. The second-order valence-corrected chi connectivity index (χ2v) is 10.1. The summed E-state index contributed by atoms with van der Waals surface area (Å²) in [5.41, 5.74) is 5.93. The van der Waals surface area contributed by atoms with Crippen LogP contribution in [-0.2, 0) is 17.3 Å². The quantitative estimate of drug-likeness (QED) is 0.761. The topological polar surface area (TPSA) is 45.5 Å². The first-order chi connectivity index (χ1) is 13.5. The van der Waals surface area contributed by atoms with Crippen molar-refractivity contribution >= 4 is 5.91 Å². The standard InChI is InChI=1S/C25H36N2O2/c1-17-14-20-21(25(4,5)11-10-24(20,2)3)16-18(17)15-19-8-9-22(29-19)23(28)26-12-13-27(6)7/h8-9,14,16H,10-13,15H2,1-7H3,(H,26,28). The maximum atomic E-state index is 12.3. The van der Waals surface area contributed by atoms with Crippen molar-refractivity contribution in [1.82, 2.24) is 10.2 Å². The number of hydrogen-bond donors (Lipinski definition) is 1. The molecule has 0 spiro atoms. The van der Waals surface area contributed by atoms with Gasteiger partial charge in [-0.2, -0.15) is 0 Å². The number of rotatable bonds is 6. The van der Waals surface area contributed by atoms with Crippen molar-refractivity contribution in [3.8, 4) is 0 Å². The Morgan fingerprint density at radius 3 is 2.31 bits per heavy atom. The Labute approximate surface area is 175 Å². The monoisotopic (exact) mass is 396 g/mol. The molecule has 1 N–H and O–H groups in total. The van der Waals surface area contributed by atoms with Gasteiger partial charge in [0.1, 0.15) is 5.76 Å². The molecule has 0 aliphatic heterocycles. The number of furan rings is 1. The number of carbonyl (C=O) groups is 1. The van der Waals surface area contributed by atoms with Gasteiger partial charge in [0.05, 0.1) is 0 Å². The second-order valence-electron chi connectivity index (χ2n) is 10.1. The molecule has 4 heteroatoms. The van der Waals surface area contributed by atoms with Crippen molar-refractivity contribution in [2.24, 2.45) is 0 Å². The van der Waals surface area contributed by atoms with E-state index < -0.39 is 0 Å². The highest BCUT2D eigenvalue weighted by Gasteiger charge is 2.37. The van der Waals surface area contributed by atoms with Crippen LogP contribution in [0.4, 0.5) is 0 Å². The third-order valence-corrected chi connectivity index (χ3v) is 6.40. The summed E-state index contributed by atoms with van der Waals surface area (Å²) in [5.74, 6) is 1.07. The molecule has 1 heterocycles. The van der Waals surface area contributed by atoms with Gasteiger partial charge in [0, 0.05) is 19.5 Å². The smallest absolute Gasteiger partial charge is 0.287 e. The van der Waals surface area contributed by atoms with E-state index in [1.807, 2.05) is 25.1 Å². The van der Waals surface area contributed by atoms with E-state index in [0.717, 1.165) is 12.3 Å². The molecule has 1 aliphatic rings. The lowest BCUT2D eigenvalue weighted by Crippen LogP contribution is -2.34. The highest BCUT2D eigenvalue weighted by atomic mass is 16.3.